The van der Waals surface area contributed by atoms with Gasteiger partial charge >= 0.3 is 0 Å². The number of carbonyl (C=O) groups excluding carboxylic acids is 2. The van der Waals surface area contributed by atoms with E-state index in [1.807, 2.05) is 62.4 Å². The van der Waals surface area contributed by atoms with E-state index in [1.165, 1.54) is 0 Å². The number of nitrogens with one attached hydrogen (secondary N) is 3. The first kappa shape index (κ1) is 18.6. The Morgan fingerprint density at radius 2 is 1.85 bits per heavy atom. The number of hydrogen-bond donors (Lipinski definition) is 3. The van der Waals surface area contributed by atoms with Gasteiger partial charge in [-0.25, -0.2) is 4.98 Å². The molecule has 6 nitrogen and oxygen atoms in total. The third kappa shape index (κ3) is 4.73. The van der Waals surface area contributed by atoms with Crippen molar-refractivity contribution in [3.63, 3.8) is 0 Å². The highest BCUT2D eigenvalue weighted by atomic mass is 16.2. The van der Waals surface area contributed by atoms with Crippen LogP contribution in [0.4, 0.5) is 5.95 Å². The number of aromatic amines is 1. The lowest BCUT2D eigenvalue weighted by molar-refractivity contribution is -0.126. The van der Waals surface area contributed by atoms with Crippen LogP contribution in [0.2, 0.25) is 0 Å². The minimum absolute atomic E-state index is 0.164. The molecule has 0 unspecified atom stereocenters. The SMILES string of the molecule is CCC[C@@H](NC(=O)Cc1ccccc1C)C(=O)Nc1nc2ccccc2[nH]1. The van der Waals surface area contributed by atoms with Crippen LogP contribution in [0.1, 0.15) is 30.9 Å². The predicted octanol–water partition coefficient (Wildman–Crippen LogP) is 3.34. The number of fused-ring (bicyclic) bond motifs is 1. The van der Waals surface area contributed by atoms with Gasteiger partial charge < -0.3 is 10.3 Å². The molecule has 2 amide bonds. The first-order valence-corrected chi connectivity index (χ1v) is 9.16. The van der Waals surface area contributed by atoms with Crippen molar-refractivity contribution in [2.75, 3.05) is 5.32 Å². The summed E-state index contributed by atoms with van der Waals surface area (Å²) in [5.74, 6) is -0.0491. The fraction of sp³-hybridized carbons (Fsp3) is 0.286. The van der Waals surface area contributed by atoms with Gasteiger partial charge in [0.2, 0.25) is 17.8 Å². The van der Waals surface area contributed by atoms with Gasteiger partial charge in [0.05, 0.1) is 17.5 Å². The summed E-state index contributed by atoms with van der Waals surface area (Å²) in [6.45, 7) is 3.95. The van der Waals surface area contributed by atoms with Gasteiger partial charge in [-0.15, -0.1) is 0 Å². The maximum Gasteiger partial charge on any atom is 0.249 e. The van der Waals surface area contributed by atoms with Gasteiger partial charge in [0.1, 0.15) is 6.04 Å². The van der Waals surface area contributed by atoms with Gasteiger partial charge in [0.15, 0.2) is 0 Å². The summed E-state index contributed by atoms with van der Waals surface area (Å²) in [5.41, 5.74) is 3.65. The molecular formula is C21H24N4O2. The number of para-hydroxylation sites is 2. The van der Waals surface area contributed by atoms with E-state index < -0.39 is 6.04 Å². The highest BCUT2D eigenvalue weighted by molar-refractivity contribution is 5.97. The first-order valence-electron chi connectivity index (χ1n) is 9.16. The average molecular weight is 364 g/mol. The summed E-state index contributed by atoms with van der Waals surface area (Å²) < 4.78 is 0. The first-order chi connectivity index (χ1) is 13.1. The molecule has 3 N–H and O–H groups in total. The number of H-pyrrole nitrogens is 1. The van der Waals surface area contributed by atoms with Crippen molar-refractivity contribution in [1.29, 1.82) is 0 Å². The Morgan fingerprint density at radius 1 is 1.11 bits per heavy atom. The number of aromatic nitrogens is 2. The van der Waals surface area contributed by atoms with E-state index in [0.29, 0.717) is 12.4 Å². The van der Waals surface area contributed by atoms with Gasteiger partial charge in [-0.05, 0) is 36.6 Å². The molecule has 0 aliphatic heterocycles. The number of carbonyl (C=O) groups is 2. The minimum Gasteiger partial charge on any atom is -0.344 e. The van der Waals surface area contributed by atoms with Crippen molar-refractivity contribution < 1.29 is 9.59 Å². The zero-order valence-corrected chi connectivity index (χ0v) is 15.6. The lowest BCUT2D eigenvalue weighted by atomic mass is 10.0. The van der Waals surface area contributed by atoms with E-state index in [1.54, 1.807) is 0 Å². The lowest BCUT2D eigenvalue weighted by Crippen LogP contribution is -2.44. The molecule has 0 spiro atoms. The van der Waals surface area contributed by atoms with Gasteiger partial charge in [0, 0.05) is 0 Å². The zero-order valence-electron chi connectivity index (χ0n) is 15.6. The number of imidazole rings is 1. The van der Waals surface area contributed by atoms with Crippen LogP contribution in [-0.2, 0) is 16.0 Å². The third-order valence-corrected chi connectivity index (χ3v) is 4.47. The Balaban J connectivity index is 1.65. The van der Waals surface area contributed by atoms with E-state index in [0.717, 1.165) is 28.6 Å². The Hall–Kier alpha value is -3.15. The minimum atomic E-state index is -0.597. The topological polar surface area (TPSA) is 86.9 Å². The van der Waals surface area contributed by atoms with Crippen molar-refractivity contribution in [3.05, 3.63) is 59.7 Å². The Kier molecular flexibility index (Phi) is 5.86. The summed E-state index contributed by atoms with van der Waals surface area (Å²) in [4.78, 5) is 32.5. The maximum atomic E-state index is 12.6. The maximum absolute atomic E-state index is 12.6. The van der Waals surface area contributed by atoms with Crippen LogP contribution >= 0.6 is 0 Å². The summed E-state index contributed by atoms with van der Waals surface area (Å²) >= 11 is 0. The van der Waals surface area contributed by atoms with E-state index >= 15 is 0 Å². The van der Waals surface area contributed by atoms with Gasteiger partial charge in [-0.2, -0.15) is 0 Å². The van der Waals surface area contributed by atoms with Crippen LogP contribution in [0.3, 0.4) is 0 Å². The second-order valence-electron chi connectivity index (χ2n) is 6.60. The van der Waals surface area contributed by atoms with E-state index in [9.17, 15) is 9.59 Å². The summed E-state index contributed by atoms with van der Waals surface area (Å²) in [6.07, 6.45) is 1.60. The molecule has 1 aromatic heterocycles. The molecule has 3 aromatic rings. The standard InChI is InChI=1S/C21H24N4O2/c1-3-8-18(22-19(26)13-15-10-5-4-9-14(15)2)20(27)25-21-23-16-11-6-7-12-17(16)24-21/h4-7,9-12,18H,3,8,13H2,1-2H3,(H,22,26)(H2,23,24,25,27)/t18-/m1/s1. The number of benzene rings is 2. The molecule has 0 aliphatic rings. The summed E-state index contributed by atoms with van der Waals surface area (Å²) in [5, 5.41) is 5.63. The van der Waals surface area contributed by atoms with E-state index in [-0.39, 0.29) is 18.2 Å². The molecule has 3 rings (SSSR count). The zero-order chi connectivity index (χ0) is 19.2. The van der Waals surface area contributed by atoms with Gasteiger partial charge in [0.25, 0.3) is 0 Å². The molecule has 27 heavy (non-hydrogen) atoms. The molecule has 0 aliphatic carbocycles. The van der Waals surface area contributed by atoms with Crippen molar-refractivity contribution in [1.82, 2.24) is 15.3 Å². The normalized spacial score (nSPS) is 11.9. The number of anilines is 1. The van der Waals surface area contributed by atoms with E-state index in [4.69, 9.17) is 0 Å². The van der Waals surface area contributed by atoms with Crippen LogP contribution in [0.25, 0.3) is 11.0 Å². The molecule has 0 fully saturated rings. The number of rotatable bonds is 7. The van der Waals surface area contributed by atoms with Crippen LogP contribution in [0.5, 0.6) is 0 Å². The second kappa shape index (κ2) is 8.49. The Morgan fingerprint density at radius 3 is 2.59 bits per heavy atom. The monoisotopic (exact) mass is 364 g/mol. The number of hydrogen-bond acceptors (Lipinski definition) is 3. The summed E-state index contributed by atoms with van der Waals surface area (Å²) in [6, 6.07) is 14.7. The third-order valence-electron chi connectivity index (χ3n) is 4.47. The van der Waals surface area contributed by atoms with Crippen LogP contribution in [0.15, 0.2) is 48.5 Å². The second-order valence-corrected chi connectivity index (χ2v) is 6.60. The Labute approximate surface area is 158 Å². The largest absolute Gasteiger partial charge is 0.344 e. The highest BCUT2D eigenvalue weighted by Crippen LogP contribution is 2.14. The van der Waals surface area contributed by atoms with Gasteiger partial charge in [-0.3, -0.25) is 14.9 Å². The fourth-order valence-corrected chi connectivity index (χ4v) is 3.00. The van der Waals surface area contributed by atoms with E-state index in [2.05, 4.69) is 20.6 Å². The molecule has 0 bridgehead atoms. The molecule has 1 heterocycles. The van der Waals surface area contributed by atoms with Crippen LogP contribution < -0.4 is 10.6 Å². The number of nitrogens with zero attached hydrogens (tertiary/aromatic N) is 1. The van der Waals surface area contributed by atoms with Crippen molar-refractivity contribution in [2.45, 2.75) is 39.2 Å². The number of aryl methyl sites for hydroxylation is 1. The molecule has 6 heteroatoms. The highest BCUT2D eigenvalue weighted by Gasteiger charge is 2.21. The Bertz CT molecular complexity index is 915. The van der Waals surface area contributed by atoms with Crippen LogP contribution in [-0.4, -0.2) is 27.8 Å². The molecule has 0 saturated carbocycles. The molecule has 140 valence electrons. The molecule has 0 radical (unpaired) electrons. The van der Waals surface area contributed by atoms with Crippen molar-refractivity contribution >= 4 is 28.8 Å². The molecule has 2 aromatic carbocycles. The van der Waals surface area contributed by atoms with Crippen molar-refractivity contribution in [2.24, 2.45) is 0 Å². The predicted molar refractivity (Wildman–Crippen MR) is 106 cm³/mol. The van der Waals surface area contributed by atoms with Crippen molar-refractivity contribution in [3.8, 4) is 0 Å². The number of amides is 2. The molecule has 0 saturated heterocycles. The average Bonchev–Trinajstić information content (AvgIpc) is 3.05. The smallest absolute Gasteiger partial charge is 0.249 e. The lowest BCUT2D eigenvalue weighted by Gasteiger charge is -2.17. The fourth-order valence-electron chi connectivity index (χ4n) is 3.00. The molecular weight excluding hydrogens is 340 g/mol. The summed E-state index contributed by atoms with van der Waals surface area (Å²) in [7, 11) is 0. The van der Waals surface area contributed by atoms with Gasteiger partial charge in [-0.1, -0.05) is 49.7 Å². The quantitative estimate of drug-likeness (QED) is 0.601. The molecule has 1 atom stereocenters. The van der Waals surface area contributed by atoms with Crippen LogP contribution in [0, 0.1) is 6.92 Å².